The first kappa shape index (κ1) is 14.5. The Kier molecular flexibility index (Phi) is 4.29. The van der Waals surface area contributed by atoms with E-state index in [2.05, 4.69) is 20.7 Å². The molecule has 2 rings (SSSR count). The van der Waals surface area contributed by atoms with Gasteiger partial charge in [-0.3, -0.25) is 4.72 Å². The van der Waals surface area contributed by atoms with E-state index in [1.807, 2.05) is 13.0 Å². The van der Waals surface area contributed by atoms with Crippen LogP contribution in [0.4, 0.5) is 5.69 Å². The number of nitrogens with two attached hydrogens (primary N) is 1. The Morgan fingerprint density at radius 1 is 1.37 bits per heavy atom. The van der Waals surface area contributed by atoms with Gasteiger partial charge in [0.05, 0.1) is 5.69 Å². The van der Waals surface area contributed by atoms with Crippen LogP contribution in [0.5, 0.6) is 0 Å². The zero-order valence-corrected chi connectivity index (χ0v) is 13.4. The molecule has 0 spiro atoms. The van der Waals surface area contributed by atoms with Crippen LogP contribution in [-0.4, -0.2) is 8.42 Å². The number of sulfonamides is 1. The van der Waals surface area contributed by atoms with Gasteiger partial charge in [0, 0.05) is 15.9 Å². The van der Waals surface area contributed by atoms with Crippen LogP contribution in [0.3, 0.4) is 0 Å². The Morgan fingerprint density at radius 3 is 2.74 bits per heavy atom. The normalized spacial score (nSPS) is 11.5. The number of halogens is 1. The minimum atomic E-state index is -3.58. The van der Waals surface area contributed by atoms with Crippen LogP contribution >= 0.6 is 27.3 Å². The molecule has 0 aliphatic rings. The van der Waals surface area contributed by atoms with Crippen LogP contribution in [0.2, 0.25) is 0 Å². The van der Waals surface area contributed by atoms with E-state index in [0.717, 1.165) is 10.0 Å². The topological polar surface area (TPSA) is 72.2 Å². The fourth-order valence-corrected chi connectivity index (χ4v) is 4.60. The second-order valence-corrected chi connectivity index (χ2v) is 7.54. The predicted octanol–water partition coefficient (Wildman–Crippen LogP) is 3.08. The molecular formula is C12H13BrN2O2S2. The van der Waals surface area contributed by atoms with Gasteiger partial charge >= 0.3 is 0 Å². The first-order valence-electron chi connectivity index (χ1n) is 5.49. The van der Waals surface area contributed by atoms with E-state index >= 15 is 0 Å². The molecule has 4 nitrogen and oxygen atoms in total. The average Bonchev–Trinajstić information content (AvgIpc) is 2.82. The molecule has 0 amide bonds. The molecule has 19 heavy (non-hydrogen) atoms. The Labute approximate surface area is 124 Å². The highest BCUT2D eigenvalue weighted by Gasteiger charge is 2.19. The summed E-state index contributed by atoms with van der Waals surface area (Å²) < 4.78 is 28.1. The van der Waals surface area contributed by atoms with Crippen LogP contribution in [0.15, 0.2) is 39.0 Å². The van der Waals surface area contributed by atoms with Crippen molar-refractivity contribution in [3.8, 4) is 0 Å². The van der Waals surface area contributed by atoms with E-state index in [9.17, 15) is 8.42 Å². The van der Waals surface area contributed by atoms with E-state index in [4.69, 9.17) is 5.73 Å². The first-order chi connectivity index (χ1) is 8.94. The summed E-state index contributed by atoms with van der Waals surface area (Å²) in [7, 11) is -3.58. The number of thiophene rings is 1. The highest BCUT2D eigenvalue weighted by molar-refractivity contribution is 9.10. The zero-order chi connectivity index (χ0) is 14.0. The summed E-state index contributed by atoms with van der Waals surface area (Å²) in [5, 5.41) is 1.73. The van der Waals surface area contributed by atoms with Gasteiger partial charge in [0.2, 0.25) is 0 Å². The molecule has 0 radical (unpaired) electrons. The van der Waals surface area contributed by atoms with Gasteiger partial charge in [-0.05, 0) is 42.1 Å². The average molecular weight is 361 g/mol. The smallest absolute Gasteiger partial charge is 0.263 e. The predicted molar refractivity (Wildman–Crippen MR) is 81.9 cm³/mol. The van der Waals surface area contributed by atoms with Crippen molar-refractivity contribution in [3.05, 3.63) is 44.6 Å². The molecule has 0 saturated heterocycles. The summed E-state index contributed by atoms with van der Waals surface area (Å²) in [6, 6.07) is 6.95. The molecular weight excluding hydrogens is 348 g/mol. The third kappa shape index (κ3) is 3.17. The molecule has 102 valence electrons. The summed E-state index contributed by atoms with van der Waals surface area (Å²) in [6.45, 7) is 2.06. The lowest BCUT2D eigenvalue weighted by Gasteiger charge is -2.11. The van der Waals surface area contributed by atoms with Crippen LogP contribution in [0, 0.1) is 6.92 Å². The summed E-state index contributed by atoms with van der Waals surface area (Å²) in [5.41, 5.74) is 6.96. The number of benzene rings is 1. The largest absolute Gasteiger partial charge is 0.326 e. The number of aryl methyl sites for hydroxylation is 1. The van der Waals surface area contributed by atoms with Crippen molar-refractivity contribution >= 4 is 43.0 Å². The minimum absolute atomic E-state index is 0.216. The summed E-state index contributed by atoms with van der Waals surface area (Å²) in [5.74, 6) is 0. The number of hydrogen-bond donors (Lipinski definition) is 2. The van der Waals surface area contributed by atoms with E-state index in [1.165, 1.54) is 11.3 Å². The van der Waals surface area contributed by atoms with Gasteiger partial charge in [-0.25, -0.2) is 8.42 Å². The van der Waals surface area contributed by atoms with Crippen LogP contribution < -0.4 is 10.5 Å². The lowest BCUT2D eigenvalue weighted by molar-refractivity contribution is 0.600. The SMILES string of the molecule is Cc1cc(Br)ccc1NS(=O)(=O)c1ccsc1CN. The van der Waals surface area contributed by atoms with Gasteiger partial charge in [-0.15, -0.1) is 11.3 Å². The number of nitrogens with one attached hydrogen (secondary N) is 1. The highest BCUT2D eigenvalue weighted by Crippen LogP contribution is 2.26. The minimum Gasteiger partial charge on any atom is -0.326 e. The van der Waals surface area contributed by atoms with Crippen LogP contribution in [0.25, 0.3) is 0 Å². The van der Waals surface area contributed by atoms with Gasteiger partial charge in [0.25, 0.3) is 10.0 Å². The molecule has 0 atom stereocenters. The second-order valence-electron chi connectivity index (χ2n) is 3.98. The van der Waals surface area contributed by atoms with Crippen molar-refractivity contribution in [3.63, 3.8) is 0 Å². The first-order valence-corrected chi connectivity index (χ1v) is 8.65. The summed E-state index contributed by atoms with van der Waals surface area (Å²) in [4.78, 5) is 0.907. The molecule has 0 unspecified atom stereocenters. The lowest BCUT2D eigenvalue weighted by atomic mass is 10.2. The van der Waals surface area contributed by atoms with Gasteiger partial charge in [0.1, 0.15) is 4.90 Å². The Hall–Kier alpha value is -0.890. The highest BCUT2D eigenvalue weighted by atomic mass is 79.9. The number of rotatable bonds is 4. The summed E-state index contributed by atoms with van der Waals surface area (Å²) >= 11 is 4.69. The van der Waals surface area contributed by atoms with Gasteiger partial charge in [0.15, 0.2) is 0 Å². The molecule has 0 aliphatic heterocycles. The Balaban J connectivity index is 2.37. The second kappa shape index (κ2) is 5.62. The number of hydrogen-bond acceptors (Lipinski definition) is 4. The Bertz CT molecular complexity index is 696. The molecule has 1 heterocycles. The number of anilines is 1. The molecule has 3 N–H and O–H groups in total. The van der Waals surface area contributed by atoms with E-state index in [0.29, 0.717) is 10.6 Å². The fraction of sp³-hybridized carbons (Fsp3) is 0.167. The van der Waals surface area contributed by atoms with Crippen LogP contribution in [-0.2, 0) is 16.6 Å². The van der Waals surface area contributed by atoms with Crippen molar-refractivity contribution in [1.29, 1.82) is 0 Å². The third-order valence-electron chi connectivity index (χ3n) is 2.61. The van der Waals surface area contributed by atoms with E-state index in [1.54, 1.807) is 23.6 Å². The third-order valence-corrected chi connectivity index (χ3v) is 5.63. The summed E-state index contributed by atoms with van der Waals surface area (Å²) in [6.07, 6.45) is 0. The van der Waals surface area contributed by atoms with Crippen molar-refractivity contribution in [1.82, 2.24) is 0 Å². The van der Waals surface area contributed by atoms with Crippen molar-refractivity contribution < 1.29 is 8.42 Å². The maximum absolute atomic E-state index is 12.3. The molecule has 1 aromatic heterocycles. The standard InChI is InChI=1S/C12H13BrN2O2S2/c1-8-6-9(13)2-3-10(8)15-19(16,17)12-4-5-18-11(12)7-14/h2-6,15H,7,14H2,1H3. The molecule has 0 bridgehead atoms. The monoisotopic (exact) mass is 360 g/mol. The Morgan fingerprint density at radius 2 is 2.11 bits per heavy atom. The maximum atomic E-state index is 12.3. The van der Waals surface area contributed by atoms with Crippen molar-refractivity contribution in [2.45, 2.75) is 18.4 Å². The molecule has 0 aliphatic carbocycles. The fourth-order valence-electron chi connectivity index (χ4n) is 1.66. The van der Waals surface area contributed by atoms with E-state index in [-0.39, 0.29) is 11.4 Å². The van der Waals surface area contributed by atoms with Crippen molar-refractivity contribution in [2.24, 2.45) is 5.73 Å². The van der Waals surface area contributed by atoms with E-state index < -0.39 is 10.0 Å². The maximum Gasteiger partial charge on any atom is 0.263 e. The molecule has 1 aromatic carbocycles. The molecule has 2 aromatic rings. The van der Waals surface area contributed by atoms with Gasteiger partial charge < -0.3 is 5.73 Å². The molecule has 0 fully saturated rings. The zero-order valence-electron chi connectivity index (χ0n) is 10.2. The molecule has 0 saturated carbocycles. The molecule has 7 heteroatoms. The van der Waals surface area contributed by atoms with Gasteiger partial charge in [-0.2, -0.15) is 0 Å². The van der Waals surface area contributed by atoms with Gasteiger partial charge in [-0.1, -0.05) is 15.9 Å². The van der Waals surface area contributed by atoms with Crippen molar-refractivity contribution in [2.75, 3.05) is 4.72 Å². The quantitative estimate of drug-likeness (QED) is 0.879. The lowest BCUT2D eigenvalue weighted by Crippen LogP contribution is -2.15. The van der Waals surface area contributed by atoms with Crippen LogP contribution in [0.1, 0.15) is 10.4 Å².